The number of amides is 2. The minimum absolute atomic E-state index is 0.108. The van der Waals surface area contributed by atoms with Crippen LogP contribution >= 0.6 is 0 Å². The standard InChI is InChI=1S/C19H25N5O2/c1-2-3-6-12-24(19(26)17-15-20-10-11-22-17)13-8-18(25)23-14-16-7-4-5-9-21-16/h4-5,7,9-11,15H,2-3,6,8,12-14H2,1H3,(H,23,25). The van der Waals surface area contributed by atoms with Crippen LogP contribution in [-0.4, -0.2) is 44.8 Å². The summed E-state index contributed by atoms with van der Waals surface area (Å²) in [5.74, 6) is -0.296. The Bertz CT molecular complexity index is 679. The highest BCUT2D eigenvalue weighted by atomic mass is 16.2. The van der Waals surface area contributed by atoms with Crippen LogP contribution in [0.2, 0.25) is 0 Å². The van der Waals surface area contributed by atoms with Crippen LogP contribution in [0.3, 0.4) is 0 Å². The number of carbonyl (C=O) groups excluding carboxylic acids is 2. The molecule has 0 aliphatic heterocycles. The van der Waals surface area contributed by atoms with Crippen LogP contribution in [0.1, 0.15) is 48.8 Å². The van der Waals surface area contributed by atoms with E-state index in [1.54, 1.807) is 11.1 Å². The van der Waals surface area contributed by atoms with E-state index in [2.05, 4.69) is 27.2 Å². The summed E-state index contributed by atoms with van der Waals surface area (Å²) in [7, 11) is 0. The number of hydrogen-bond acceptors (Lipinski definition) is 5. The molecule has 0 fully saturated rings. The highest BCUT2D eigenvalue weighted by molar-refractivity contribution is 5.92. The fourth-order valence-electron chi connectivity index (χ4n) is 2.46. The number of pyridine rings is 1. The molecule has 2 aromatic heterocycles. The molecule has 2 aromatic rings. The summed E-state index contributed by atoms with van der Waals surface area (Å²) in [6.07, 6.45) is 9.42. The summed E-state index contributed by atoms with van der Waals surface area (Å²) in [6.45, 7) is 3.46. The van der Waals surface area contributed by atoms with E-state index in [1.807, 2.05) is 18.2 Å². The highest BCUT2D eigenvalue weighted by Crippen LogP contribution is 2.05. The van der Waals surface area contributed by atoms with Crippen molar-refractivity contribution in [2.24, 2.45) is 0 Å². The molecule has 0 aromatic carbocycles. The second-order valence-corrected chi connectivity index (χ2v) is 5.94. The molecule has 0 saturated heterocycles. The Morgan fingerprint density at radius 1 is 1.08 bits per heavy atom. The van der Waals surface area contributed by atoms with Gasteiger partial charge in [0.1, 0.15) is 5.69 Å². The van der Waals surface area contributed by atoms with E-state index in [9.17, 15) is 9.59 Å². The smallest absolute Gasteiger partial charge is 0.274 e. The zero-order chi connectivity index (χ0) is 18.6. The third kappa shape index (κ3) is 6.58. The fourth-order valence-corrected chi connectivity index (χ4v) is 2.46. The van der Waals surface area contributed by atoms with Gasteiger partial charge in [0.15, 0.2) is 0 Å². The van der Waals surface area contributed by atoms with Gasteiger partial charge >= 0.3 is 0 Å². The van der Waals surface area contributed by atoms with Crippen molar-refractivity contribution in [3.63, 3.8) is 0 Å². The van der Waals surface area contributed by atoms with E-state index < -0.39 is 0 Å². The lowest BCUT2D eigenvalue weighted by atomic mass is 10.2. The van der Waals surface area contributed by atoms with Gasteiger partial charge in [-0.3, -0.25) is 19.6 Å². The number of rotatable bonds is 10. The van der Waals surface area contributed by atoms with Crippen molar-refractivity contribution >= 4 is 11.8 Å². The number of unbranched alkanes of at least 4 members (excludes halogenated alkanes) is 2. The first-order valence-electron chi connectivity index (χ1n) is 8.92. The Morgan fingerprint density at radius 3 is 2.65 bits per heavy atom. The molecule has 7 heteroatoms. The van der Waals surface area contributed by atoms with E-state index in [0.29, 0.717) is 25.3 Å². The molecule has 0 unspecified atom stereocenters. The Kier molecular flexibility index (Phi) is 8.18. The number of nitrogens with one attached hydrogen (secondary N) is 1. The average Bonchev–Trinajstić information content (AvgIpc) is 2.70. The Labute approximate surface area is 153 Å². The fraction of sp³-hybridized carbons (Fsp3) is 0.421. The van der Waals surface area contributed by atoms with E-state index in [1.165, 1.54) is 18.6 Å². The molecule has 7 nitrogen and oxygen atoms in total. The van der Waals surface area contributed by atoms with Crippen LogP contribution in [0.25, 0.3) is 0 Å². The van der Waals surface area contributed by atoms with Gasteiger partial charge in [0.2, 0.25) is 5.91 Å². The summed E-state index contributed by atoms with van der Waals surface area (Å²) in [6, 6.07) is 5.57. The summed E-state index contributed by atoms with van der Waals surface area (Å²) in [5.41, 5.74) is 1.11. The first-order chi connectivity index (χ1) is 12.7. The number of aromatic nitrogens is 3. The van der Waals surface area contributed by atoms with Gasteiger partial charge in [-0.2, -0.15) is 0 Å². The normalized spacial score (nSPS) is 10.3. The molecule has 0 saturated carbocycles. The Hall–Kier alpha value is -2.83. The Morgan fingerprint density at radius 2 is 1.96 bits per heavy atom. The van der Waals surface area contributed by atoms with Crippen molar-refractivity contribution in [2.45, 2.75) is 39.2 Å². The molecule has 0 aliphatic carbocycles. The zero-order valence-corrected chi connectivity index (χ0v) is 15.1. The first-order valence-corrected chi connectivity index (χ1v) is 8.92. The Balaban J connectivity index is 1.87. The lowest BCUT2D eigenvalue weighted by Gasteiger charge is -2.22. The van der Waals surface area contributed by atoms with E-state index >= 15 is 0 Å². The van der Waals surface area contributed by atoms with Crippen molar-refractivity contribution in [3.8, 4) is 0 Å². The third-order valence-corrected chi connectivity index (χ3v) is 3.90. The number of nitrogens with zero attached hydrogens (tertiary/aromatic N) is 4. The molecule has 2 heterocycles. The summed E-state index contributed by atoms with van der Waals surface area (Å²) in [4.78, 5) is 38.6. The van der Waals surface area contributed by atoms with Gasteiger partial charge in [-0.25, -0.2) is 4.98 Å². The average molecular weight is 355 g/mol. The minimum atomic E-state index is -0.188. The van der Waals surface area contributed by atoms with Crippen molar-refractivity contribution in [3.05, 3.63) is 54.4 Å². The van der Waals surface area contributed by atoms with E-state index in [-0.39, 0.29) is 18.2 Å². The van der Waals surface area contributed by atoms with Crippen LogP contribution in [0.4, 0.5) is 0 Å². The SMILES string of the molecule is CCCCCN(CCC(=O)NCc1ccccn1)C(=O)c1cnccn1. The van der Waals surface area contributed by atoms with Crippen molar-refractivity contribution in [1.29, 1.82) is 0 Å². The lowest BCUT2D eigenvalue weighted by Crippen LogP contribution is -2.36. The largest absolute Gasteiger partial charge is 0.350 e. The maximum Gasteiger partial charge on any atom is 0.274 e. The first kappa shape index (κ1) is 19.5. The van der Waals surface area contributed by atoms with Gasteiger partial charge in [0.05, 0.1) is 18.4 Å². The van der Waals surface area contributed by atoms with Crippen molar-refractivity contribution < 1.29 is 9.59 Å². The van der Waals surface area contributed by atoms with Crippen LogP contribution in [0.15, 0.2) is 43.0 Å². The summed E-state index contributed by atoms with van der Waals surface area (Å²) < 4.78 is 0. The quantitative estimate of drug-likeness (QED) is 0.660. The van der Waals surface area contributed by atoms with Crippen molar-refractivity contribution in [1.82, 2.24) is 25.2 Å². The van der Waals surface area contributed by atoms with Crippen molar-refractivity contribution in [2.75, 3.05) is 13.1 Å². The highest BCUT2D eigenvalue weighted by Gasteiger charge is 2.18. The molecule has 2 rings (SSSR count). The monoisotopic (exact) mass is 355 g/mol. The van der Waals surface area contributed by atoms with Gasteiger partial charge in [0, 0.05) is 38.1 Å². The minimum Gasteiger partial charge on any atom is -0.350 e. The second-order valence-electron chi connectivity index (χ2n) is 5.94. The van der Waals surface area contributed by atoms with E-state index in [0.717, 1.165) is 25.0 Å². The lowest BCUT2D eigenvalue weighted by molar-refractivity contribution is -0.121. The van der Waals surface area contributed by atoms with Gasteiger partial charge in [-0.05, 0) is 18.6 Å². The molecule has 0 atom stereocenters. The van der Waals surface area contributed by atoms with Crippen LogP contribution < -0.4 is 5.32 Å². The van der Waals surface area contributed by atoms with Gasteiger partial charge < -0.3 is 10.2 Å². The molecule has 0 aliphatic rings. The summed E-state index contributed by atoms with van der Waals surface area (Å²) >= 11 is 0. The summed E-state index contributed by atoms with van der Waals surface area (Å²) in [5, 5.41) is 2.83. The molecule has 0 radical (unpaired) electrons. The van der Waals surface area contributed by atoms with E-state index in [4.69, 9.17) is 0 Å². The molecule has 0 spiro atoms. The molecular formula is C19H25N5O2. The maximum absolute atomic E-state index is 12.6. The van der Waals surface area contributed by atoms with Gasteiger partial charge in [-0.1, -0.05) is 25.8 Å². The zero-order valence-electron chi connectivity index (χ0n) is 15.1. The van der Waals surface area contributed by atoms with Crippen LogP contribution in [-0.2, 0) is 11.3 Å². The molecule has 138 valence electrons. The molecule has 0 bridgehead atoms. The number of carbonyl (C=O) groups is 2. The van der Waals surface area contributed by atoms with Crippen LogP contribution in [0, 0.1) is 0 Å². The molecule has 2 amide bonds. The third-order valence-electron chi connectivity index (χ3n) is 3.90. The maximum atomic E-state index is 12.6. The second kappa shape index (κ2) is 10.9. The van der Waals surface area contributed by atoms with Gasteiger partial charge in [0.25, 0.3) is 5.91 Å². The number of hydrogen-bond donors (Lipinski definition) is 1. The predicted molar refractivity (Wildman–Crippen MR) is 98.2 cm³/mol. The van der Waals surface area contributed by atoms with Crippen LogP contribution in [0.5, 0.6) is 0 Å². The molecular weight excluding hydrogens is 330 g/mol. The molecule has 1 N–H and O–H groups in total. The predicted octanol–water partition coefficient (Wildman–Crippen LogP) is 2.21. The molecule has 26 heavy (non-hydrogen) atoms. The topological polar surface area (TPSA) is 88.1 Å². The van der Waals surface area contributed by atoms with Gasteiger partial charge in [-0.15, -0.1) is 0 Å².